The normalized spacial score (nSPS) is 42.9. The molecule has 0 aliphatic carbocycles. The number of aldehydes is 1. The molecule has 0 unspecified atom stereocenters. The first-order chi connectivity index (χ1) is 21.0. The highest BCUT2D eigenvalue weighted by Crippen LogP contribution is 2.36. The van der Waals surface area contributed by atoms with Crippen molar-refractivity contribution in [1.82, 2.24) is 0 Å². The predicted octanol–water partition coefficient (Wildman–Crippen LogP) is -5.67. The van der Waals surface area contributed by atoms with Gasteiger partial charge < -0.3 is 84.2 Å². The molecule has 1 aromatic rings. The van der Waals surface area contributed by atoms with Crippen LogP contribution in [0.2, 0.25) is 0 Å². The molecule has 3 aliphatic heterocycles. The Morgan fingerprint density at radius 2 is 1.11 bits per heavy atom. The third-order valence-corrected chi connectivity index (χ3v) is 7.64. The maximum Gasteiger partial charge on any atom is 0.229 e. The molecule has 250 valence electrons. The van der Waals surface area contributed by atoms with Gasteiger partial charge in [-0.3, -0.25) is 4.79 Å². The minimum atomic E-state index is -1.93. The van der Waals surface area contributed by atoms with E-state index in [0.29, 0.717) is 6.29 Å². The van der Waals surface area contributed by atoms with Crippen LogP contribution in [-0.4, -0.2) is 176 Å². The number of methoxy groups -OCH3 is 1. The van der Waals surface area contributed by atoms with Gasteiger partial charge in [0, 0.05) is 5.56 Å². The number of aliphatic hydroxyl groups excluding tert-OH is 10. The summed E-state index contributed by atoms with van der Waals surface area (Å²) in [5.74, 6) is 0.00744. The number of benzene rings is 1. The summed E-state index contributed by atoms with van der Waals surface area (Å²) in [5.41, 5.74) is 0.223. The molecule has 44 heavy (non-hydrogen) atoms. The van der Waals surface area contributed by atoms with Crippen molar-refractivity contribution in [2.75, 3.05) is 26.9 Å². The van der Waals surface area contributed by atoms with Crippen LogP contribution in [0.1, 0.15) is 10.4 Å². The number of carbonyl (C=O) groups is 1. The molecule has 3 fully saturated rings. The van der Waals surface area contributed by atoms with E-state index in [1.807, 2.05) is 0 Å². The highest BCUT2D eigenvalue weighted by Gasteiger charge is 2.55. The molecule has 3 aliphatic rings. The molecule has 4 rings (SSSR count). The van der Waals surface area contributed by atoms with Gasteiger partial charge in [-0.1, -0.05) is 0 Å². The molecule has 0 spiro atoms. The summed E-state index contributed by atoms with van der Waals surface area (Å²) in [7, 11) is 1.28. The fraction of sp³-hybridized carbons (Fsp3) is 0.731. The van der Waals surface area contributed by atoms with Crippen LogP contribution in [0.5, 0.6) is 11.5 Å². The Balaban J connectivity index is 1.72. The second-order valence-corrected chi connectivity index (χ2v) is 10.5. The van der Waals surface area contributed by atoms with Crippen LogP contribution in [0, 0.1) is 0 Å². The van der Waals surface area contributed by atoms with Crippen LogP contribution >= 0.6 is 0 Å². The quantitative estimate of drug-likeness (QED) is 0.101. The van der Waals surface area contributed by atoms with E-state index in [9.17, 15) is 55.9 Å². The van der Waals surface area contributed by atoms with Gasteiger partial charge in [-0.2, -0.15) is 0 Å². The van der Waals surface area contributed by atoms with Crippen LogP contribution in [0.25, 0.3) is 0 Å². The monoisotopic (exact) mass is 638 g/mol. The number of hydrogen-bond acceptors (Lipinski definition) is 18. The molecule has 0 amide bonds. The van der Waals surface area contributed by atoms with E-state index in [-0.39, 0.29) is 17.1 Å². The zero-order valence-electron chi connectivity index (χ0n) is 23.3. The minimum Gasteiger partial charge on any atom is -0.493 e. The van der Waals surface area contributed by atoms with Gasteiger partial charge in [-0.15, -0.1) is 0 Å². The molecule has 0 saturated carbocycles. The molecular formula is C26H38O18. The average molecular weight is 639 g/mol. The van der Waals surface area contributed by atoms with Gasteiger partial charge in [0.25, 0.3) is 0 Å². The second kappa shape index (κ2) is 15.0. The van der Waals surface area contributed by atoms with Crippen LogP contribution in [0.4, 0.5) is 0 Å². The van der Waals surface area contributed by atoms with Gasteiger partial charge in [-0.05, 0) is 18.2 Å². The van der Waals surface area contributed by atoms with Crippen LogP contribution in [0.15, 0.2) is 18.2 Å². The van der Waals surface area contributed by atoms with Crippen molar-refractivity contribution in [1.29, 1.82) is 0 Å². The largest absolute Gasteiger partial charge is 0.493 e. The molecule has 10 N–H and O–H groups in total. The van der Waals surface area contributed by atoms with Gasteiger partial charge in [0.1, 0.15) is 73.4 Å². The summed E-state index contributed by atoms with van der Waals surface area (Å²) in [6.45, 7) is -2.41. The SMILES string of the molecule is COc1cc(C=O)ccc1O[C@@H]1O[C@H](CO)[C@@H](O)[C@H](O[C@@H]2O[C@H](CO)[C@@H](O)[C@H](O)[C@H]2O)[C@H]1O[C@@H]1O[C@H](CO)[C@@H](O)[C@H](O)[C@H]1O. The molecule has 15 atom stereocenters. The Bertz CT molecular complexity index is 1070. The highest BCUT2D eigenvalue weighted by molar-refractivity contribution is 5.76. The lowest BCUT2D eigenvalue weighted by Crippen LogP contribution is -2.67. The first-order valence-electron chi connectivity index (χ1n) is 13.7. The van der Waals surface area contributed by atoms with Gasteiger partial charge >= 0.3 is 0 Å². The number of aliphatic hydroxyl groups is 10. The van der Waals surface area contributed by atoms with Crippen LogP contribution in [0.3, 0.4) is 0 Å². The van der Waals surface area contributed by atoms with Crippen molar-refractivity contribution in [3.05, 3.63) is 23.8 Å². The Morgan fingerprint density at radius 3 is 1.59 bits per heavy atom. The third-order valence-electron chi connectivity index (χ3n) is 7.64. The summed E-state index contributed by atoms with van der Waals surface area (Å²) in [5, 5.41) is 102. The molecule has 1 aromatic carbocycles. The van der Waals surface area contributed by atoms with Gasteiger partial charge in [0.15, 0.2) is 30.2 Å². The van der Waals surface area contributed by atoms with Crippen molar-refractivity contribution >= 4 is 6.29 Å². The number of hydrogen-bond donors (Lipinski definition) is 10. The molecular weight excluding hydrogens is 600 g/mol. The predicted molar refractivity (Wildman–Crippen MR) is 138 cm³/mol. The van der Waals surface area contributed by atoms with Crippen molar-refractivity contribution in [3.63, 3.8) is 0 Å². The van der Waals surface area contributed by atoms with E-state index in [0.717, 1.165) is 0 Å². The lowest BCUT2D eigenvalue weighted by Gasteiger charge is -2.48. The number of rotatable bonds is 11. The van der Waals surface area contributed by atoms with Gasteiger partial charge in [-0.25, -0.2) is 0 Å². The van der Waals surface area contributed by atoms with Crippen molar-refractivity contribution in [2.24, 2.45) is 0 Å². The maximum atomic E-state index is 11.3. The molecule has 0 radical (unpaired) electrons. The van der Waals surface area contributed by atoms with Crippen LogP contribution < -0.4 is 9.47 Å². The molecule has 18 heteroatoms. The fourth-order valence-corrected chi connectivity index (χ4v) is 5.09. The zero-order valence-corrected chi connectivity index (χ0v) is 23.3. The van der Waals surface area contributed by atoms with Crippen LogP contribution in [-0.2, 0) is 23.7 Å². The van der Waals surface area contributed by atoms with Crippen molar-refractivity contribution in [2.45, 2.75) is 92.1 Å². The Labute approximate surface area is 250 Å². The fourth-order valence-electron chi connectivity index (χ4n) is 5.09. The van der Waals surface area contributed by atoms with E-state index in [1.54, 1.807) is 0 Å². The maximum absolute atomic E-state index is 11.3. The zero-order chi connectivity index (χ0) is 32.3. The Hall–Kier alpha value is -2.11. The first kappa shape index (κ1) is 34.8. The van der Waals surface area contributed by atoms with E-state index in [1.165, 1.54) is 25.3 Å². The smallest absolute Gasteiger partial charge is 0.229 e. The highest BCUT2D eigenvalue weighted by atomic mass is 16.8. The van der Waals surface area contributed by atoms with Gasteiger partial charge in [0.2, 0.25) is 6.29 Å². The summed E-state index contributed by atoms with van der Waals surface area (Å²) in [6, 6.07) is 4.05. The lowest BCUT2D eigenvalue weighted by molar-refractivity contribution is -0.384. The molecule has 0 bridgehead atoms. The average Bonchev–Trinajstić information content (AvgIpc) is 3.03. The van der Waals surface area contributed by atoms with Gasteiger partial charge in [0.05, 0.1) is 26.9 Å². The lowest BCUT2D eigenvalue weighted by atomic mass is 9.96. The summed E-state index contributed by atoms with van der Waals surface area (Å²) in [4.78, 5) is 11.3. The van der Waals surface area contributed by atoms with Crippen molar-refractivity contribution in [3.8, 4) is 11.5 Å². The Morgan fingerprint density at radius 1 is 0.636 bits per heavy atom. The first-order valence-corrected chi connectivity index (χ1v) is 13.7. The molecule has 3 heterocycles. The number of carbonyl (C=O) groups excluding carboxylic acids is 1. The second-order valence-electron chi connectivity index (χ2n) is 10.5. The Kier molecular flexibility index (Phi) is 11.8. The topological polar surface area (TPSA) is 284 Å². The standard InChI is InChI=1S/C26H38O18/c1-38-11-4-9(5-27)2-3-10(11)39-26-23(44-25-21(37)19(35)16(32)13(7-29)41-25)22(17(33)14(8-30)42-26)43-24-20(36)18(34)15(31)12(6-28)40-24/h2-5,12-26,28-37H,6-8H2,1H3/t12-,13-,14-,15-,16-,17-,18+,19+,20-,21-,22+,23-,24+,25+,26-/m1/s1. The molecule has 18 nitrogen and oxygen atoms in total. The van der Waals surface area contributed by atoms with E-state index < -0.39 is 112 Å². The van der Waals surface area contributed by atoms with E-state index in [4.69, 9.17) is 33.2 Å². The summed E-state index contributed by atoms with van der Waals surface area (Å²) >= 11 is 0. The minimum absolute atomic E-state index is 0.0369. The van der Waals surface area contributed by atoms with E-state index in [2.05, 4.69) is 0 Å². The van der Waals surface area contributed by atoms with Crippen molar-refractivity contribution < 1.29 is 89.0 Å². The summed E-state index contributed by atoms with van der Waals surface area (Å²) in [6.07, 6.45) is -25.4. The summed E-state index contributed by atoms with van der Waals surface area (Å²) < 4.78 is 39.5. The molecule has 0 aromatic heterocycles. The third kappa shape index (κ3) is 6.99. The molecule has 3 saturated heterocycles. The number of ether oxygens (including phenoxy) is 7. The van der Waals surface area contributed by atoms with E-state index >= 15 is 0 Å².